The van der Waals surface area contributed by atoms with E-state index in [1.165, 1.54) is 38.6 Å². The molecule has 14 aromatic carbocycles. The summed E-state index contributed by atoms with van der Waals surface area (Å²) in [4.78, 5) is 5.31. The number of nitriles is 1. The highest BCUT2D eigenvalue weighted by molar-refractivity contribution is 7.00. The number of aromatic nitrogens is 1. The minimum atomic E-state index is -0.290. The van der Waals surface area contributed by atoms with Gasteiger partial charge in [0.1, 0.15) is 11.2 Å². The molecule has 0 aliphatic carbocycles. The molecule has 0 bridgehead atoms. The van der Waals surface area contributed by atoms with Gasteiger partial charge in [-0.2, -0.15) is 5.26 Å². The molecule has 5 nitrogen and oxygen atoms in total. The third-order valence-electron chi connectivity index (χ3n) is 21.7. The summed E-state index contributed by atoms with van der Waals surface area (Å²) in [5.41, 5.74) is 32.5. The van der Waals surface area contributed by atoms with E-state index in [2.05, 4.69) is 380 Å². The maximum atomic E-state index is 10.5. The van der Waals surface area contributed by atoms with Crippen LogP contribution in [0.2, 0.25) is 0 Å². The molecule has 0 fully saturated rings. The zero-order valence-corrected chi connectivity index (χ0v) is 59.6. The number of rotatable bonds is 9. The van der Waals surface area contributed by atoms with Gasteiger partial charge >= 0.3 is 0 Å². The van der Waals surface area contributed by atoms with Crippen molar-refractivity contribution in [3.8, 4) is 78.5 Å². The van der Waals surface area contributed by atoms with Gasteiger partial charge in [0, 0.05) is 66.5 Å². The van der Waals surface area contributed by atoms with Crippen molar-refractivity contribution in [3.63, 3.8) is 0 Å². The van der Waals surface area contributed by atoms with E-state index in [0.717, 1.165) is 145 Å². The quantitative estimate of drug-likeness (QED) is 0.135. The number of hydrogen-bond acceptors (Lipinski definition) is 4. The maximum absolute atomic E-state index is 10.5. The predicted molar refractivity (Wildman–Crippen MR) is 436 cm³/mol. The second kappa shape index (κ2) is 24.0. The van der Waals surface area contributed by atoms with Gasteiger partial charge in [-0.05, 0) is 173 Å². The Balaban J connectivity index is 1.01. The topological polar surface area (TPSA) is 48.3 Å². The first-order valence-electron chi connectivity index (χ1n) is 36.1. The van der Waals surface area contributed by atoms with Crippen molar-refractivity contribution in [2.45, 2.75) is 78.6 Å². The fourth-order valence-electron chi connectivity index (χ4n) is 16.5. The molecule has 16 aromatic rings. The Morgan fingerprint density at radius 2 is 0.854 bits per heavy atom. The van der Waals surface area contributed by atoms with Gasteiger partial charge in [-0.15, -0.1) is 0 Å². The highest BCUT2D eigenvalue weighted by Crippen LogP contribution is 2.54. The van der Waals surface area contributed by atoms with Gasteiger partial charge in [0.15, 0.2) is 0 Å². The van der Waals surface area contributed by atoms with Crippen LogP contribution in [0.3, 0.4) is 0 Å². The Morgan fingerprint density at radius 3 is 1.53 bits per heavy atom. The van der Waals surface area contributed by atoms with Crippen LogP contribution in [-0.4, -0.2) is 11.3 Å². The molecule has 0 unspecified atom stereocenters. The van der Waals surface area contributed by atoms with Crippen molar-refractivity contribution < 1.29 is 4.42 Å². The maximum Gasteiger partial charge on any atom is 0.252 e. The lowest BCUT2D eigenvalue weighted by Crippen LogP contribution is -2.61. The lowest BCUT2D eigenvalue weighted by atomic mass is 9.33. The number of benzene rings is 14. The Kier molecular flexibility index (Phi) is 14.7. The fraction of sp³-hybridized carbons (Fsp3) is 0.124. The summed E-state index contributed by atoms with van der Waals surface area (Å²) in [5.74, 6) is 0. The summed E-state index contributed by atoms with van der Waals surface area (Å²) in [7, 11) is 0. The lowest BCUT2D eigenvalue weighted by molar-refractivity contribution is 0.590. The number of anilines is 6. The number of hydrogen-bond donors (Lipinski definition) is 0. The van der Waals surface area contributed by atoms with Crippen LogP contribution in [0.15, 0.2) is 308 Å². The molecule has 4 heterocycles. The third kappa shape index (κ3) is 10.4. The molecule has 0 spiro atoms. The Labute approximate surface area is 603 Å². The van der Waals surface area contributed by atoms with Gasteiger partial charge in [-0.25, -0.2) is 0 Å². The first kappa shape index (κ1) is 63.0. The van der Waals surface area contributed by atoms with E-state index < -0.39 is 0 Å². The van der Waals surface area contributed by atoms with Crippen LogP contribution in [0.4, 0.5) is 34.1 Å². The molecule has 103 heavy (non-hydrogen) atoms. The third-order valence-corrected chi connectivity index (χ3v) is 21.7. The smallest absolute Gasteiger partial charge is 0.252 e. The fourth-order valence-corrected chi connectivity index (χ4v) is 16.5. The van der Waals surface area contributed by atoms with E-state index in [1.807, 2.05) is 6.07 Å². The molecule has 2 aromatic heterocycles. The molecule has 2 aliphatic rings. The van der Waals surface area contributed by atoms with Crippen molar-refractivity contribution in [1.29, 1.82) is 5.26 Å². The second-order valence-corrected chi connectivity index (χ2v) is 31.1. The summed E-state index contributed by atoms with van der Waals surface area (Å²) >= 11 is 0. The van der Waals surface area contributed by atoms with Crippen LogP contribution in [0.25, 0.3) is 116 Å². The minimum Gasteiger partial charge on any atom is -0.456 e. The molecule has 0 amide bonds. The van der Waals surface area contributed by atoms with Gasteiger partial charge in [-0.1, -0.05) is 287 Å². The predicted octanol–water partition coefficient (Wildman–Crippen LogP) is 24.5. The average Bonchev–Trinajstić information content (AvgIpc) is 1.07. The van der Waals surface area contributed by atoms with Gasteiger partial charge in [0.25, 0.3) is 6.71 Å². The first-order valence-corrected chi connectivity index (χ1v) is 36.1. The molecule has 0 saturated carbocycles. The molecule has 18 rings (SSSR count). The molecule has 0 radical (unpaired) electrons. The zero-order chi connectivity index (χ0) is 70.2. The first-order chi connectivity index (χ1) is 50.0. The summed E-state index contributed by atoms with van der Waals surface area (Å²) in [6, 6.07) is 115. The summed E-state index contributed by atoms with van der Waals surface area (Å²) < 4.78 is 9.20. The molecule has 2 aliphatic heterocycles. The summed E-state index contributed by atoms with van der Waals surface area (Å²) in [5, 5.41) is 14.7. The number of para-hydroxylation sites is 3. The molecule has 6 heteroatoms. The van der Waals surface area contributed by atoms with Gasteiger partial charge < -0.3 is 18.8 Å². The van der Waals surface area contributed by atoms with Gasteiger partial charge in [0.2, 0.25) is 0 Å². The standard InChI is InChI=1S/C97H77BN4O/c1-95(2,3)68-46-43-62(44-47-68)67-56-87-93-88(57-67)102(94-71(63-26-13-10-14-27-63)34-23-35-72(94)64-28-15-11-16-29-64)84-52-45-66(55-80(84)98(93)79-50-48-70(97(7,8)9)59-86(79)101(87)82-53-49-69(96(4,5)6)58-77(82)65-30-17-12-18-31-65)91-74(75-37-25-41-90-92(75)76-33-20-22-40-89(76)103-90)36-24-39-85(91)100-81-38-21-19-32-73(81)78-54-61(60-99)42-51-83(78)100/h10-59H,1-9H3. The van der Waals surface area contributed by atoms with Crippen LogP contribution in [0.5, 0.6) is 0 Å². The van der Waals surface area contributed by atoms with E-state index in [4.69, 9.17) is 4.42 Å². The van der Waals surface area contributed by atoms with Gasteiger partial charge in [-0.3, -0.25) is 0 Å². The van der Waals surface area contributed by atoms with Crippen molar-refractivity contribution in [1.82, 2.24) is 4.57 Å². The van der Waals surface area contributed by atoms with E-state index in [0.29, 0.717) is 5.56 Å². The van der Waals surface area contributed by atoms with E-state index in [-0.39, 0.29) is 23.0 Å². The van der Waals surface area contributed by atoms with Crippen molar-refractivity contribution in [2.75, 3.05) is 9.80 Å². The Hall–Kier alpha value is -12.2. The minimum absolute atomic E-state index is 0.0476. The molecule has 0 atom stereocenters. The molecule has 494 valence electrons. The van der Waals surface area contributed by atoms with Crippen LogP contribution >= 0.6 is 0 Å². The molecule has 0 N–H and O–H groups in total. The summed E-state index contributed by atoms with van der Waals surface area (Å²) in [6.45, 7) is 20.6. The normalized spacial score (nSPS) is 12.8. The lowest BCUT2D eigenvalue weighted by Gasteiger charge is -2.46. The van der Waals surface area contributed by atoms with Crippen LogP contribution in [0, 0.1) is 11.3 Å². The van der Waals surface area contributed by atoms with E-state index in [9.17, 15) is 5.26 Å². The molecular weight excluding hydrogens is 1250 g/mol. The SMILES string of the molecule is CC(C)(C)c1ccc(-c2cc3c4c(c2)N(c2c(-c5ccccc5)cccc2-c2ccccc2)c2ccc(-c5c(-c6cccc7oc8ccccc8c67)cccc5-n5c6ccccc6c6cc(C#N)ccc65)cc2B4c2ccc(C(C)(C)C)cc2N3c2ccc(C(C)(C)C)cc2-c2ccccc2)cc1. The second-order valence-electron chi connectivity index (χ2n) is 31.1. The van der Waals surface area contributed by atoms with Crippen LogP contribution in [0.1, 0.15) is 84.6 Å². The monoisotopic (exact) mass is 1320 g/mol. The molecule has 0 saturated heterocycles. The Morgan fingerprint density at radius 1 is 0.320 bits per heavy atom. The largest absolute Gasteiger partial charge is 0.456 e. The van der Waals surface area contributed by atoms with Crippen molar-refractivity contribution in [2.24, 2.45) is 0 Å². The average molecular weight is 1330 g/mol. The Bertz CT molecular complexity index is 6070. The highest BCUT2D eigenvalue weighted by atomic mass is 16.3. The van der Waals surface area contributed by atoms with Crippen LogP contribution < -0.4 is 26.2 Å². The summed E-state index contributed by atoms with van der Waals surface area (Å²) in [6.07, 6.45) is 0. The van der Waals surface area contributed by atoms with E-state index in [1.54, 1.807) is 0 Å². The molecular formula is C97H77BN4O. The zero-order valence-electron chi connectivity index (χ0n) is 59.6. The van der Waals surface area contributed by atoms with Gasteiger partial charge in [0.05, 0.1) is 39.7 Å². The highest BCUT2D eigenvalue weighted by Gasteiger charge is 2.46. The van der Waals surface area contributed by atoms with Crippen molar-refractivity contribution in [3.05, 3.63) is 326 Å². The van der Waals surface area contributed by atoms with E-state index >= 15 is 0 Å². The number of fused-ring (bicyclic) bond motifs is 10. The van der Waals surface area contributed by atoms with Crippen molar-refractivity contribution >= 4 is 101 Å². The number of nitrogens with zero attached hydrogens (tertiary/aromatic N) is 4. The van der Waals surface area contributed by atoms with Crippen LogP contribution in [-0.2, 0) is 16.2 Å². The number of furan rings is 1.